The Bertz CT molecular complexity index is 508. The molecule has 1 N–H and O–H groups in total. The number of Topliss-reactive ketones (excluding diaryl/α,β-unsaturated/α-hetero) is 1. The van der Waals surface area contributed by atoms with Crippen LogP contribution in [-0.4, -0.2) is 17.0 Å². The quantitative estimate of drug-likeness (QED) is 0.687. The summed E-state index contributed by atoms with van der Waals surface area (Å²) in [6.45, 7) is 4.79. The van der Waals surface area contributed by atoms with Crippen molar-refractivity contribution in [2.24, 2.45) is 28.6 Å². The van der Waals surface area contributed by atoms with Crippen LogP contribution in [-0.2, 0) is 4.79 Å². The summed E-state index contributed by atoms with van der Waals surface area (Å²) >= 11 is 0. The van der Waals surface area contributed by atoms with Crippen LogP contribution in [0.25, 0.3) is 0 Å². The molecule has 4 rings (SSSR count). The van der Waals surface area contributed by atoms with E-state index in [0.29, 0.717) is 29.5 Å². The summed E-state index contributed by atoms with van der Waals surface area (Å²) in [5.41, 5.74) is 2.03. The first-order chi connectivity index (χ1) is 9.94. The van der Waals surface area contributed by atoms with Gasteiger partial charge in [-0.25, -0.2) is 0 Å². The Balaban J connectivity index is 1.75. The van der Waals surface area contributed by atoms with E-state index >= 15 is 0 Å². The first kappa shape index (κ1) is 14.0. The van der Waals surface area contributed by atoms with Crippen molar-refractivity contribution < 1.29 is 9.90 Å². The molecule has 2 heteroatoms. The van der Waals surface area contributed by atoms with Gasteiger partial charge in [-0.05, 0) is 61.2 Å². The Labute approximate surface area is 128 Å². The first-order valence-corrected chi connectivity index (χ1v) is 8.85. The van der Waals surface area contributed by atoms with Gasteiger partial charge in [0.15, 0.2) is 0 Å². The summed E-state index contributed by atoms with van der Waals surface area (Å²) in [6, 6.07) is 0. The van der Waals surface area contributed by atoms with Crippen LogP contribution in [0.1, 0.15) is 65.2 Å². The van der Waals surface area contributed by atoms with Gasteiger partial charge in [-0.3, -0.25) is 4.79 Å². The molecule has 4 aliphatic carbocycles. The Morgan fingerprint density at radius 3 is 2.86 bits per heavy atom. The highest BCUT2D eigenvalue weighted by Gasteiger charge is 2.57. The summed E-state index contributed by atoms with van der Waals surface area (Å²) in [7, 11) is 0. The third kappa shape index (κ3) is 1.84. The van der Waals surface area contributed by atoms with E-state index in [1.54, 1.807) is 0 Å². The van der Waals surface area contributed by atoms with Crippen LogP contribution in [0.4, 0.5) is 0 Å². The monoisotopic (exact) mass is 288 g/mol. The van der Waals surface area contributed by atoms with Crippen LogP contribution in [0.15, 0.2) is 11.6 Å². The molecule has 21 heavy (non-hydrogen) atoms. The second-order valence-corrected chi connectivity index (χ2v) is 8.71. The highest BCUT2D eigenvalue weighted by atomic mass is 16.3. The molecule has 0 aliphatic heterocycles. The lowest BCUT2D eigenvalue weighted by Gasteiger charge is -2.55. The lowest BCUT2D eigenvalue weighted by molar-refractivity contribution is -0.132. The Hall–Kier alpha value is -0.630. The standard InChI is InChI=1S/C19H28O2/c1-18-7-3-4-14(18)17-15(6-8-18)19(2)9-5-13(20)10-12(19)11-16(17)21/h6,12-14,17,20H,3-5,7-11H2,1-2H3/t12-,13+,14-,17-,18-,19-/m0/s1. The molecule has 0 aromatic carbocycles. The zero-order chi connectivity index (χ0) is 14.8. The van der Waals surface area contributed by atoms with Crippen LogP contribution in [0, 0.1) is 28.6 Å². The topological polar surface area (TPSA) is 37.3 Å². The predicted octanol–water partition coefficient (Wildman–Crippen LogP) is 3.88. The zero-order valence-corrected chi connectivity index (χ0v) is 13.4. The summed E-state index contributed by atoms with van der Waals surface area (Å²) in [6.07, 6.45) is 10.8. The second-order valence-electron chi connectivity index (χ2n) is 8.71. The van der Waals surface area contributed by atoms with Gasteiger partial charge in [-0.1, -0.05) is 31.9 Å². The normalized spacial score (nSPS) is 52.7. The Morgan fingerprint density at radius 1 is 1.24 bits per heavy atom. The molecule has 4 aliphatic rings. The van der Waals surface area contributed by atoms with Crippen LogP contribution in [0.2, 0.25) is 0 Å². The number of ketones is 1. The van der Waals surface area contributed by atoms with E-state index in [1.807, 2.05) is 0 Å². The molecule has 116 valence electrons. The minimum absolute atomic E-state index is 0.182. The Morgan fingerprint density at radius 2 is 2.05 bits per heavy atom. The molecule has 0 amide bonds. The lowest BCUT2D eigenvalue weighted by atomic mass is 9.49. The van der Waals surface area contributed by atoms with Gasteiger partial charge in [0, 0.05) is 12.3 Å². The largest absolute Gasteiger partial charge is 0.393 e. The summed E-state index contributed by atoms with van der Waals surface area (Å²) in [4.78, 5) is 12.9. The fourth-order valence-electron chi connectivity index (χ4n) is 6.19. The summed E-state index contributed by atoms with van der Waals surface area (Å²) < 4.78 is 0. The number of fused-ring (bicyclic) bond motifs is 5. The average Bonchev–Trinajstić information content (AvgIpc) is 2.82. The van der Waals surface area contributed by atoms with Crippen LogP contribution in [0.5, 0.6) is 0 Å². The van der Waals surface area contributed by atoms with Gasteiger partial charge in [-0.2, -0.15) is 0 Å². The van der Waals surface area contributed by atoms with Gasteiger partial charge in [0.05, 0.1) is 6.10 Å². The van der Waals surface area contributed by atoms with E-state index in [-0.39, 0.29) is 17.4 Å². The fourth-order valence-corrected chi connectivity index (χ4v) is 6.19. The van der Waals surface area contributed by atoms with Crippen molar-refractivity contribution in [1.29, 1.82) is 0 Å². The van der Waals surface area contributed by atoms with Crippen molar-refractivity contribution in [3.63, 3.8) is 0 Å². The van der Waals surface area contributed by atoms with Crippen LogP contribution >= 0.6 is 0 Å². The van der Waals surface area contributed by atoms with Gasteiger partial charge in [-0.15, -0.1) is 0 Å². The summed E-state index contributed by atoms with van der Waals surface area (Å²) in [5, 5.41) is 10.0. The van der Waals surface area contributed by atoms with Crippen molar-refractivity contribution in [2.75, 3.05) is 0 Å². The van der Waals surface area contributed by atoms with E-state index in [9.17, 15) is 9.90 Å². The number of carbonyl (C=O) groups is 1. The highest BCUT2D eigenvalue weighted by molar-refractivity contribution is 5.86. The van der Waals surface area contributed by atoms with Crippen molar-refractivity contribution in [2.45, 2.75) is 71.3 Å². The molecule has 0 spiro atoms. The molecular formula is C19H28O2. The second kappa shape index (κ2) is 4.44. The molecule has 2 nitrogen and oxygen atoms in total. The van der Waals surface area contributed by atoms with Crippen molar-refractivity contribution in [3.8, 4) is 0 Å². The molecule has 3 saturated carbocycles. The summed E-state index contributed by atoms with van der Waals surface area (Å²) in [5.74, 6) is 1.66. The molecule has 0 aromatic rings. The zero-order valence-electron chi connectivity index (χ0n) is 13.4. The Kier molecular flexibility index (Phi) is 2.96. The van der Waals surface area contributed by atoms with Crippen LogP contribution in [0.3, 0.4) is 0 Å². The molecule has 3 fully saturated rings. The molecule has 0 unspecified atom stereocenters. The van der Waals surface area contributed by atoms with Gasteiger partial charge in [0.1, 0.15) is 5.78 Å². The third-order valence-corrected chi connectivity index (χ3v) is 7.59. The number of hydrogen-bond donors (Lipinski definition) is 1. The number of rotatable bonds is 0. The minimum Gasteiger partial charge on any atom is -0.393 e. The first-order valence-electron chi connectivity index (χ1n) is 8.85. The average molecular weight is 288 g/mol. The van der Waals surface area contributed by atoms with Crippen molar-refractivity contribution in [1.82, 2.24) is 0 Å². The van der Waals surface area contributed by atoms with Gasteiger partial charge in [0.25, 0.3) is 0 Å². The number of aliphatic hydroxyl groups is 1. The molecule has 0 bridgehead atoms. The molecule has 0 aromatic heterocycles. The fraction of sp³-hybridized carbons (Fsp3) is 0.842. The smallest absolute Gasteiger partial charge is 0.140 e. The number of carbonyl (C=O) groups excluding carboxylic acids is 1. The van der Waals surface area contributed by atoms with Crippen molar-refractivity contribution >= 4 is 5.78 Å². The number of allylic oxidation sites excluding steroid dienone is 2. The van der Waals surface area contributed by atoms with E-state index in [2.05, 4.69) is 19.9 Å². The molecule has 0 heterocycles. The minimum atomic E-state index is -0.187. The van der Waals surface area contributed by atoms with Crippen molar-refractivity contribution in [3.05, 3.63) is 11.6 Å². The van der Waals surface area contributed by atoms with Gasteiger partial charge >= 0.3 is 0 Å². The SMILES string of the molecule is C[C@]12CC=C3[C@@H](C(=O)C[C@@H]4C[C@H](O)CC[C@]34C)[C@@H]1CCC2. The molecular weight excluding hydrogens is 260 g/mol. The van der Waals surface area contributed by atoms with Crippen LogP contribution < -0.4 is 0 Å². The van der Waals surface area contributed by atoms with E-state index in [0.717, 1.165) is 19.3 Å². The maximum Gasteiger partial charge on any atom is 0.140 e. The molecule has 6 atom stereocenters. The van der Waals surface area contributed by atoms with E-state index in [4.69, 9.17) is 0 Å². The third-order valence-electron chi connectivity index (χ3n) is 7.59. The van der Waals surface area contributed by atoms with E-state index in [1.165, 1.54) is 31.3 Å². The number of hydrogen-bond acceptors (Lipinski definition) is 2. The lowest BCUT2D eigenvalue weighted by Crippen LogP contribution is -2.51. The number of aliphatic hydroxyl groups excluding tert-OH is 1. The van der Waals surface area contributed by atoms with Gasteiger partial charge in [0.2, 0.25) is 0 Å². The maximum atomic E-state index is 12.9. The molecule has 0 radical (unpaired) electrons. The van der Waals surface area contributed by atoms with Gasteiger partial charge < -0.3 is 5.11 Å². The maximum absolute atomic E-state index is 12.9. The predicted molar refractivity (Wildman–Crippen MR) is 82.7 cm³/mol. The highest BCUT2D eigenvalue weighted by Crippen LogP contribution is 2.63. The molecule has 0 saturated heterocycles. The van der Waals surface area contributed by atoms with E-state index < -0.39 is 0 Å².